The van der Waals surface area contributed by atoms with Crippen LogP contribution < -0.4 is 20.1 Å². The van der Waals surface area contributed by atoms with Gasteiger partial charge in [-0.05, 0) is 37.8 Å². The molecule has 0 radical (unpaired) electrons. The van der Waals surface area contributed by atoms with Crippen molar-refractivity contribution in [3.8, 4) is 11.5 Å². The Bertz CT molecular complexity index is 534. The molecule has 1 aromatic rings. The molecule has 1 fully saturated rings. The van der Waals surface area contributed by atoms with E-state index in [1.807, 2.05) is 18.2 Å². The maximum atomic E-state index is 6.21. The minimum atomic E-state index is 0. The van der Waals surface area contributed by atoms with Crippen molar-refractivity contribution in [3.63, 3.8) is 0 Å². The summed E-state index contributed by atoms with van der Waals surface area (Å²) in [5.41, 5.74) is 1.09. The van der Waals surface area contributed by atoms with Crippen molar-refractivity contribution < 1.29 is 14.2 Å². The number of aliphatic imine (C=N–C) groups is 1. The van der Waals surface area contributed by atoms with E-state index in [9.17, 15) is 0 Å². The molecule has 0 aliphatic heterocycles. The molecule has 0 bridgehead atoms. The second kappa shape index (κ2) is 12.2. The molecule has 0 spiro atoms. The second-order valence-electron chi connectivity index (χ2n) is 5.84. The zero-order valence-corrected chi connectivity index (χ0v) is 17.7. The first-order valence-corrected chi connectivity index (χ1v) is 8.54. The molecule has 1 aromatic carbocycles. The summed E-state index contributed by atoms with van der Waals surface area (Å²) in [5, 5.41) is 6.51. The Hall–Kier alpha value is -1.22. The van der Waals surface area contributed by atoms with Crippen LogP contribution in [0.25, 0.3) is 0 Å². The summed E-state index contributed by atoms with van der Waals surface area (Å²) in [6.07, 6.45) is 5.07. The maximum Gasteiger partial charge on any atom is 0.191 e. The van der Waals surface area contributed by atoms with Crippen molar-refractivity contribution in [2.75, 3.05) is 34.4 Å². The number of hydrogen-bond donors (Lipinski definition) is 2. The third-order valence-electron chi connectivity index (χ3n) is 4.14. The van der Waals surface area contributed by atoms with Crippen molar-refractivity contribution in [1.29, 1.82) is 0 Å². The lowest BCUT2D eigenvalue weighted by molar-refractivity contribution is 0.203. The van der Waals surface area contributed by atoms with Gasteiger partial charge in [-0.15, -0.1) is 24.0 Å². The highest BCUT2D eigenvalue weighted by Gasteiger charge is 2.18. The summed E-state index contributed by atoms with van der Waals surface area (Å²) in [7, 11) is 5.11. The van der Waals surface area contributed by atoms with Gasteiger partial charge in [0.15, 0.2) is 5.96 Å². The molecule has 0 heterocycles. The number of benzene rings is 1. The second-order valence-corrected chi connectivity index (χ2v) is 5.84. The predicted octanol–water partition coefficient (Wildman–Crippen LogP) is 2.95. The third-order valence-corrected chi connectivity index (χ3v) is 4.14. The van der Waals surface area contributed by atoms with Gasteiger partial charge in [0.2, 0.25) is 0 Å². The Morgan fingerprint density at radius 1 is 1.20 bits per heavy atom. The fraction of sp³-hybridized carbons (Fsp3) is 0.611. The number of methoxy groups -OCH3 is 2. The fourth-order valence-electron chi connectivity index (χ4n) is 2.77. The van der Waals surface area contributed by atoms with E-state index in [0.29, 0.717) is 25.8 Å². The SMILES string of the molecule is CN=C(NCCOC)NCc1ccc(OC)cc1OC1CCCC1.I. The van der Waals surface area contributed by atoms with Crippen LogP contribution in [0.3, 0.4) is 0 Å². The highest BCUT2D eigenvalue weighted by molar-refractivity contribution is 14.0. The number of nitrogens with one attached hydrogen (secondary N) is 2. The van der Waals surface area contributed by atoms with E-state index in [2.05, 4.69) is 15.6 Å². The lowest BCUT2D eigenvalue weighted by Gasteiger charge is -2.18. The zero-order valence-electron chi connectivity index (χ0n) is 15.3. The number of halogens is 1. The van der Waals surface area contributed by atoms with Crippen LogP contribution >= 0.6 is 24.0 Å². The van der Waals surface area contributed by atoms with Crippen LogP contribution in [-0.2, 0) is 11.3 Å². The van der Waals surface area contributed by atoms with Crippen molar-refractivity contribution in [2.45, 2.75) is 38.3 Å². The van der Waals surface area contributed by atoms with Gasteiger partial charge in [-0.2, -0.15) is 0 Å². The third kappa shape index (κ3) is 7.27. The molecule has 0 amide bonds. The molecule has 0 saturated heterocycles. The van der Waals surface area contributed by atoms with Gasteiger partial charge in [-0.3, -0.25) is 4.99 Å². The largest absolute Gasteiger partial charge is 0.497 e. The molecule has 1 aliphatic rings. The lowest BCUT2D eigenvalue weighted by atomic mass is 10.2. The summed E-state index contributed by atoms with van der Waals surface area (Å²) in [4.78, 5) is 4.21. The number of ether oxygens (including phenoxy) is 3. The summed E-state index contributed by atoms with van der Waals surface area (Å²) >= 11 is 0. The van der Waals surface area contributed by atoms with E-state index in [1.54, 1.807) is 21.3 Å². The first-order chi connectivity index (χ1) is 11.8. The molecule has 0 aromatic heterocycles. The van der Waals surface area contributed by atoms with Crippen molar-refractivity contribution in [2.24, 2.45) is 4.99 Å². The summed E-state index contributed by atoms with van der Waals surface area (Å²) in [6, 6.07) is 5.97. The lowest BCUT2D eigenvalue weighted by Crippen LogP contribution is -2.38. The van der Waals surface area contributed by atoms with Crippen LogP contribution in [0.4, 0.5) is 0 Å². The van der Waals surface area contributed by atoms with Gasteiger partial charge < -0.3 is 24.8 Å². The normalized spacial score (nSPS) is 14.8. The zero-order chi connectivity index (χ0) is 17.2. The van der Waals surface area contributed by atoms with E-state index in [-0.39, 0.29) is 24.0 Å². The van der Waals surface area contributed by atoms with Crippen molar-refractivity contribution in [3.05, 3.63) is 23.8 Å². The Labute approximate surface area is 167 Å². The molecular weight excluding hydrogens is 433 g/mol. The van der Waals surface area contributed by atoms with Crippen LogP contribution in [-0.4, -0.2) is 46.5 Å². The molecule has 6 nitrogen and oxygen atoms in total. The molecular formula is C18H30IN3O3. The first kappa shape index (κ1) is 21.8. The van der Waals surface area contributed by atoms with Crippen LogP contribution in [0, 0.1) is 0 Å². The molecule has 0 unspecified atom stereocenters. The number of rotatable bonds is 8. The standard InChI is InChI=1S/C18H29N3O3.HI/c1-19-18(20-10-11-22-2)21-13-14-8-9-16(23-3)12-17(14)24-15-6-4-5-7-15;/h8-9,12,15H,4-7,10-11,13H2,1-3H3,(H2,19,20,21);1H. The van der Waals surface area contributed by atoms with Gasteiger partial charge in [0.25, 0.3) is 0 Å². The van der Waals surface area contributed by atoms with Crippen LogP contribution in [0.2, 0.25) is 0 Å². The molecule has 1 aliphatic carbocycles. The maximum absolute atomic E-state index is 6.21. The van der Waals surface area contributed by atoms with Crippen molar-refractivity contribution >= 4 is 29.9 Å². The van der Waals surface area contributed by atoms with Gasteiger partial charge in [0.1, 0.15) is 11.5 Å². The molecule has 2 rings (SSSR count). The van der Waals surface area contributed by atoms with Gasteiger partial charge in [0.05, 0.1) is 19.8 Å². The summed E-state index contributed by atoms with van der Waals surface area (Å²) < 4.78 is 16.6. The number of hydrogen-bond acceptors (Lipinski definition) is 4. The smallest absolute Gasteiger partial charge is 0.191 e. The quantitative estimate of drug-likeness (QED) is 0.269. The molecule has 142 valence electrons. The van der Waals surface area contributed by atoms with E-state index >= 15 is 0 Å². The predicted molar refractivity (Wildman–Crippen MR) is 111 cm³/mol. The first-order valence-electron chi connectivity index (χ1n) is 8.54. The average Bonchev–Trinajstić information content (AvgIpc) is 3.11. The van der Waals surface area contributed by atoms with Gasteiger partial charge in [-0.25, -0.2) is 0 Å². The minimum absolute atomic E-state index is 0. The van der Waals surface area contributed by atoms with Crippen LogP contribution in [0.1, 0.15) is 31.2 Å². The Morgan fingerprint density at radius 2 is 1.96 bits per heavy atom. The van der Waals surface area contributed by atoms with E-state index < -0.39 is 0 Å². The van der Waals surface area contributed by atoms with E-state index in [0.717, 1.165) is 35.9 Å². The van der Waals surface area contributed by atoms with Crippen LogP contribution in [0.5, 0.6) is 11.5 Å². The van der Waals surface area contributed by atoms with Gasteiger partial charge in [-0.1, -0.05) is 0 Å². The number of guanidine groups is 1. The summed E-state index contributed by atoms with van der Waals surface area (Å²) in [6.45, 7) is 1.99. The van der Waals surface area contributed by atoms with Gasteiger partial charge in [0, 0.05) is 38.9 Å². The molecule has 0 atom stereocenters. The topological polar surface area (TPSA) is 64.1 Å². The molecule has 25 heavy (non-hydrogen) atoms. The monoisotopic (exact) mass is 463 g/mol. The summed E-state index contributed by atoms with van der Waals surface area (Å²) in [5.74, 6) is 2.45. The van der Waals surface area contributed by atoms with Crippen molar-refractivity contribution in [1.82, 2.24) is 10.6 Å². The minimum Gasteiger partial charge on any atom is -0.497 e. The molecule has 2 N–H and O–H groups in total. The fourth-order valence-corrected chi connectivity index (χ4v) is 2.77. The molecule has 1 saturated carbocycles. The van der Waals surface area contributed by atoms with E-state index in [1.165, 1.54) is 12.8 Å². The van der Waals surface area contributed by atoms with Crippen LogP contribution in [0.15, 0.2) is 23.2 Å². The highest BCUT2D eigenvalue weighted by atomic mass is 127. The molecule has 7 heteroatoms. The van der Waals surface area contributed by atoms with E-state index in [4.69, 9.17) is 14.2 Å². The van der Waals surface area contributed by atoms with Gasteiger partial charge >= 0.3 is 0 Å². The Balaban J connectivity index is 0.00000312. The Kier molecular flexibility index (Phi) is 10.6. The number of nitrogens with zero attached hydrogens (tertiary/aromatic N) is 1. The Morgan fingerprint density at radius 3 is 2.60 bits per heavy atom. The highest BCUT2D eigenvalue weighted by Crippen LogP contribution is 2.29. The average molecular weight is 463 g/mol.